The highest BCUT2D eigenvalue weighted by Gasteiger charge is 2.22. The molecule has 0 spiro atoms. The number of esters is 1. The summed E-state index contributed by atoms with van der Waals surface area (Å²) in [6.07, 6.45) is 0. The molecule has 0 saturated heterocycles. The number of hydrogen-bond acceptors (Lipinski definition) is 4. The van der Waals surface area contributed by atoms with Crippen molar-refractivity contribution in [3.63, 3.8) is 0 Å². The van der Waals surface area contributed by atoms with Gasteiger partial charge in [0.15, 0.2) is 0 Å². The fourth-order valence-corrected chi connectivity index (χ4v) is 3.54. The Balaban J connectivity index is 2.37. The molecule has 0 atom stereocenters. The lowest BCUT2D eigenvalue weighted by molar-refractivity contribution is 0.00764. The van der Waals surface area contributed by atoms with Crippen molar-refractivity contribution in [2.24, 2.45) is 0 Å². The van der Waals surface area contributed by atoms with Crippen molar-refractivity contribution in [1.82, 2.24) is 0 Å². The number of hydrogen-bond donors (Lipinski definition) is 1. The summed E-state index contributed by atoms with van der Waals surface area (Å²) in [7, 11) is 0. The Bertz CT molecular complexity index is 691. The summed E-state index contributed by atoms with van der Waals surface area (Å²) in [5.41, 5.74) is 6.63. The Morgan fingerprint density at radius 1 is 1.33 bits per heavy atom. The Hall–Kier alpha value is -1.04. The Labute approximate surface area is 141 Å². The summed E-state index contributed by atoms with van der Waals surface area (Å²) in [5, 5.41) is 0.598. The maximum Gasteiger partial charge on any atom is 0.350 e. The van der Waals surface area contributed by atoms with Gasteiger partial charge in [-0.25, -0.2) is 4.79 Å². The topological polar surface area (TPSA) is 52.3 Å². The van der Waals surface area contributed by atoms with Gasteiger partial charge in [0.05, 0.1) is 10.7 Å². The van der Waals surface area contributed by atoms with E-state index < -0.39 is 11.6 Å². The molecule has 0 aliphatic rings. The number of nitrogen functional groups attached to an aromatic ring is 1. The van der Waals surface area contributed by atoms with Gasteiger partial charge in [0.25, 0.3) is 0 Å². The molecule has 0 fully saturated rings. The molecule has 0 aliphatic carbocycles. The van der Waals surface area contributed by atoms with Crippen LogP contribution >= 0.6 is 38.9 Å². The predicted octanol–water partition coefficient (Wildman–Crippen LogP) is 5.37. The first-order chi connectivity index (χ1) is 9.67. The molecule has 2 rings (SSSR count). The first-order valence-electron chi connectivity index (χ1n) is 6.25. The second-order valence-corrected chi connectivity index (χ2v) is 7.90. The van der Waals surface area contributed by atoms with E-state index in [9.17, 15) is 4.79 Å². The van der Waals surface area contributed by atoms with Gasteiger partial charge >= 0.3 is 5.97 Å². The third-order valence-electron chi connectivity index (χ3n) is 2.54. The fraction of sp³-hybridized carbons (Fsp3) is 0.267. The number of halogens is 2. The quantitative estimate of drug-likeness (QED) is 0.704. The van der Waals surface area contributed by atoms with Gasteiger partial charge in [-0.15, -0.1) is 11.3 Å². The molecule has 0 bridgehead atoms. The maximum atomic E-state index is 12.1. The summed E-state index contributed by atoms with van der Waals surface area (Å²) >= 11 is 10.9. The van der Waals surface area contributed by atoms with Crippen LogP contribution in [0.25, 0.3) is 10.4 Å². The van der Waals surface area contributed by atoms with Crippen molar-refractivity contribution in [3.8, 4) is 10.4 Å². The Kier molecular flexibility index (Phi) is 4.66. The van der Waals surface area contributed by atoms with Gasteiger partial charge in [-0.2, -0.15) is 0 Å². The Morgan fingerprint density at radius 2 is 2.00 bits per heavy atom. The van der Waals surface area contributed by atoms with Crippen LogP contribution in [-0.4, -0.2) is 11.6 Å². The van der Waals surface area contributed by atoms with E-state index in [4.69, 9.17) is 22.1 Å². The fourth-order valence-electron chi connectivity index (χ4n) is 1.71. The lowest BCUT2D eigenvalue weighted by Crippen LogP contribution is -2.23. The lowest BCUT2D eigenvalue weighted by Gasteiger charge is -2.18. The number of carbonyl (C=O) groups is 1. The lowest BCUT2D eigenvalue weighted by atomic mass is 10.2. The van der Waals surface area contributed by atoms with E-state index in [2.05, 4.69) is 15.9 Å². The molecule has 2 aromatic rings. The summed E-state index contributed by atoms with van der Waals surface area (Å²) in [5.74, 6) is -0.413. The molecule has 0 amide bonds. The summed E-state index contributed by atoms with van der Waals surface area (Å²) in [6.45, 7) is 5.46. The van der Waals surface area contributed by atoms with Gasteiger partial charge in [0.2, 0.25) is 0 Å². The third-order valence-corrected chi connectivity index (χ3v) is 4.51. The van der Waals surface area contributed by atoms with E-state index in [0.29, 0.717) is 15.6 Å². The van der Waals surface area contributed by atoms with Crippen LogP contribution in [0.2, 0.25) is 5.02 Å². The van der Waals surface area contributed by atoms with Crippen LogP contribution in [0.15, 0.2) is 28.7 Å². The van der Waals surface area contributed by atoms with Gasteiger partial charge in [0, 0.05) is 14.9 Å². The Morgan fingerprint density at radius 3 is 2.57 bits per heavy atom. The SMILES string of the molecule is CC(C)(C)OC(=O)c1sc(-c2ccc(Br)cc2Cl)cc1N. The molecule has 1 heterocycles. The second kappa shape index (κ2) is 5.99. The zero-order valence-electron chi connectivity index (χ0n) is 11.9. The van der Waals surface area contributed by atoms with Crippen LogP contribution < -0.4 is 5.73 Å². The van der Waals surface area contributed by atoms with Crippen molar-refractivity contribution in [3.05, 3.63) is 38.6 Å². The molecule has 0 saturated carbocycles. The van der Waals surface area contributed by atoms with E-state index in [-0.39, 0.29) is 0 Å². The van der Waals surface area contributed by atoms with Crippen LogP contribution in [-0.2, 0) is 4.74 Å². The van der Waals surface area contributed by atoms with Gasteiger partial charge < -0.3 is 10.5 Å². The number of benzene rings is 1. The minimum atomic E-state index is -0.553. The number of thiophene rings is 1. The molecule has 0 aliphatic heterocycles. The highest BCUT2D eigenvalue weighted by Crippen LogP contribution is 2.38. The summed E-state index contributed by atoms with van der Waals surface area (Å²) < 4.78 is 6.25. The zero-order valence-corrected chi connectivity index (χ0v) is 15.0. The van der Waals surface area contributed by atoms with Crippen LogP contribution in [0.3, 0.4) is 0 Å². The van der Waals surface area contributed by atoms with Crippen LogP contribution in [0, 0.1) is 0 Å². The van der Waals surface area contributed by atoms with E-state index >= 15 is 0 Å². The number of ether oxygens (including phenoxy) is 1. The van der Waals surface area contributed by atoms with E-state index in [0.717, 1.165) is 14.9 Å². The molecule has 112 valence electrons. The molecular formula is C15H15BrClNO2S. The molecule has 21 heavy (non-hydrogen) atoms. The highest BCUT2D eigenvalue weighted by atomic mass is 79.9. The minimum Gasteiger partial charge on any atom is -0.456 e. The van der Waals surface area contributed by atoms with Gasteiger partial charge in [0.1, 0.15) is 10.5 Å². The molecule has 1 aromatic heterocycles. The number of rotatable bonds is 2. The molecule has 6 heteroatoms. The standard InChI is InChI=1S/C15H15BrClNO2S/c1-15(2,3)20-14(19)13-11(18)7-12(21-13)9-5-4-8(16)6-10(9)17/h4-7H,18H2,1-3H3. The molecule has 0 unspecified atom stereocenters. The van der Waals surface area contributed by atoms with Crippen molar-refractivity contribution >= 4 is 50.5 Å². The number of nitrogens with two attached hydrogens (primary N) is 1. The van der Waals surface area contributed by atoms with Gasteiger partial charge in [-0.1, -0.05) is 33.6 Å². The average molecular weight is 389 g/mol. The average Bonchev–Trinajstić information content (AvgIpc) is 2.68. The molecule has 3 nitrogen and oxygen atoms in total. The molecule has 2 N–H and O–H groups in total. The first-order valence-corrected chi connectivity index (χ1v) is 8.24. The summed E-state index contributed by atoms with van der Waals surface area (Å²) in [6, 6.07) is 7.33. The second-order valence-electron chi connectivity index (χ2n) is 5.52. The van der Waals surface area contributed by atoms with E-state index in [1.54, 1.807) is 12.1 Å². The highest BCUT2D eigenvalue weighted by molar-refractivity contribution is 9.10. The van der Waals surface area contributed by atoms with Gasteiger partial charge in [-0.05, 0) is 39.0 Å². The van der Waals surface area contributed by atoms with Crippen LogP contribution in [0.4, 0.5) is 5.69 Å². The first kappa shape index (κ1) is 16.3. The molecular weight excluding hydrogens is 374 g/mol. The molecule has 0 radical (unpaired) electrons. The smallest absolute Gasteiger partial charge is 0.350 e. The monoisotopic (exact) mass is 387 g/mol. The van der Waals surface area contributed by atoms with Crippen molar-refractivity contribution < 1.29 is 9.53 Å². The normalized spacial score (nSPS) is 11.5. The maximum absolute atomic E-state index is 12.1. The van der Waals surface area contributed by atoms with Crippen molar-refractivity contribution in [2.45, 2.75) is 26.4 Å². The van der Waals surface area contributed by atoms with Crippen LogP contribution in [0.1, 0.15) is 30.4 Å². The largest absolute Gasteiger partial charge is 0.456 e. The van der Waals surface area contributed by atoms with Gasteiger partial charge in [-0.3, -0.25) is 0 Å². The zero-order chi connectivity index (χ0) is 15.8. The van der Waals surface area contributed by atoms with E-state index in [1.807, 2.05) is 32.9 Å². The van der Waals surface area contributed by atoms with E-state index in [1.165, 1.54) is 11.3 Å². The molecule has 1 aromatic carbocycles. The van der Waals surface area contributed by atoms with Crippen molar-refractivity contribution in [1.29, 1.82) is 0 Å². The minimum absolute atomic E-state index is 0.402. The predicted molar refractivity (Wildman–Crippen MR) is 92.0 cm³/mol. The van der Waals surface area contributed by atoms with Crippen LogP contribution in [0.5, 0.6) is 0 Å². The summed E-state index contributed by atoms with van der Waals surface area (Å²) in [4.78, 5) is 13.4. The number of anilines is 1. The number of carbonyl (C=O) groups excluding carboxylic acids is 1. The third kappa shape index (κ3) is 3.99. The van der Waals surface area contributed by atoms with Crippen molar-refractivity contribution in [2.75, 3.05) is 5.73 Å².